The van der Waals surface area contributed by atoms with Gasteiger partial charge in [0.2, 0.25) is 0 Å². The zero-order valence-corrected chi connectivity index (χ0v) is 13.5. The summed E-state index contributed by atoms with van der Waals surface area (Å²) in [5.41, 5.74) is -0.650. The van der Waals surface area contributed by atoms with E-state index in [2.05, 4.69) is 27.8 Å². The molecule has 6 nitrogen and oxygen atoms in total. The van der Waals surface area contributed by atoms with Gasteiger partial charge in [-0.25, -0.2) is 4.79 Å². The van der Waals surface area contributed by atoms with Crippen LogP contribution in [0.4, 0.5) is 4.79 Å². The fourth-order valence-corrected chi connectivity index (χ4v) is 1.60. The number of hydrogen-bond acceptors (Lipinski definition) is 5. The Labute approximate surface area is 127 Å². The Kier molecular flexibility index (Phi) is 8.13. The summed E-state index contributed by atoms with van der Waals surface area (Å²) in [5, 5.41) is 2.35. The Morgan fingerprint density at radius 2 is 1.95 bits per heavy atom. The Hall–Kier alpha value is -1.37. The van der Waals surface area contributed by atoms with Gasteiger partial charge in [-0.15, -0.1) is 0 Å². The molecule has 0 unspecified atom stereocenters. The molecule has 0 aromatic carbocycles. The van der Waals surface area contributed by atoms with Crippen LogP contribution in [0.25, 0.3) is 0 Å². The van der Waals surface area contributed by atoms with Crippen molar-refractivity contribution >= 4 is 33.8 Å². The molecule has 0 saturated carbocycles. The van der Waals surface area contributed by atoms with Crippen LogP contribution < -0.4 is 5.32 Å². The van der Waals surface area contributed by atoms with Crippen LogP contribution in [0.3, 0.4) is 0 Å². The number of amides is 1. The molecule has 1 amide bonds. The Balaban J connectivity index is 4.57. The van der Waals surface area contributed by atoms with Crippen LogP contribution in [0, 0.1) is 0 Å². The van der Waals surface area contributed by atoms with Gasteiger partial charge in [0.05, 0.1) is 11.8 Å². The van der Waals surface area contributed by atoms with Crippen LogP contribution in [0.15, 0.2) is 12.7 Å². The fraction of sp³-hybridized carbons (Fsp3) is 0.615. The van der Waals surface area contributed by atoms with Crippen molar-refractivity contribution in [1.29, 1.82) is 0 Å². The maximum Gasteiger partial charge on any atom is 0.408 e. The standard InChI is InChI=1S/C13H20BrNO5/c1-5-6-19-12(18)15-9(10(16)8-14)7-11(17)20-13(2,3)4/h5,9H,1,6-8H2,2-4H3,(H,15,18)/t9-/m0/s1. The molecule has 0 rings (SSSR count). The van der Waals surface area contributed by atoms with Crippen LogP contribution in [0.2, 0.25) is 0 Å². The lowest BCUT2D eigenvalue weighted by molar-refractivity contribution is -0.156. The summed E-state index contributed by atoms with van der Waals surface area (Å²) in [6.45, 7) is 8.58. The number of nitrogens with one attached hydrogen (secondary N) is 1. The molecule has 0 spiro atoms. The van der Waals surface area contributed by atoms with Crippen molar-refractivity contribution in [2.75, 3.05) is 11.9 Å². The summed E-state index contributed by atoms with van der Waals surface area (Å²) in [7, 11) is 0. The van der Waals surface area contributed by atoms with Crippen molar-refractivity contribution in [3.8, 4) is 0 Å². The molecule has 0 aliphatic carbocycles. The molecule has 0 aliphatic heterocycles. The van der Waals surface area contributed by atoms with Crippen molar-refractivity contribution in [3.05, 3.63) is 12.7 Å². The SMILES string of the molecule is C=CCOC(=O)N[C@@H](CC(=O)OC(C)(C)C)C(=O)CBr. The summed E-state index contributed by atoms with van der Waals surface area (Å²) >= 11 is 3.00. The molecule has 0 saturated heterocycles. The topological polar surface area (TPSA) is 81.7 Å². The molecule has 0 aromatic heterocycles. The van der Waals surface area contributed by atoms with Gasteiger partial charge < -0.3 is 14.8 Å². The number of ether oxygens (including phenoxy) is 2. The largest absolute Gasteiger partial charge is 0.460 e. The van der Waals surface area contributed by atoms with Crippen LogP contribution in [0.5, 0.6) is 0 Å². The first kappa shape index (κ1) is 18.6. The number of halogens is 1. The zero-order chi connectivity index (χ0) is 15.8. The lowest BCUT2D eigenvalue weighted by atomic mass is 10.1. The maximum atomic E-state index is 11.7. The predicted octanol–water partition coefficient (Wildman–Crippen LogP) is 1.96. The van der Waals surface area contributed by atoms with E-state index in [9.17, 15) is 14.4 Å². The third-order valence-electron chi connectivity index (χ3n) is 1.94. The molecule has 1 N–H and O–H groups in total. The molecule has 0 aromatic rings. The van der Waals surface area contributed by atoms with Crippen LogP contribution in [0.1, 0.15) is 27.2 Å². The highest BCUT2D eigenvalue weighted by Gasteiger charge is 2.26. The number of Topliss-reactive ketones (excluding diaryl/α,β-unsaturated/α-hetero) is 1. The van der Waals surface area contributed by atoms with E-state index >= 15 is 0 Å². The highest BCUT2D eigenvalue weighted by molar-refractivity contribution is 9.09. The summed E-state index contributed by atoms with van der Waals surface area (Å²) in [6, 6.07) is -0.985. The Bertz CT molecular complexity index is 375. The van der Waals surface area contributed by atoms with Gasteiger partial charge in [-0.3, -0.25) is 9.59 Å². The fourth-order valence-electron chi connectivity index (χ4n) is 1.21. The first-order chi connectivity index (χ1) is 9.19. The first-order valence-corrected chi connectivity index (χ1v) is 7.16. The predicted molar refractivity (Wildman–Crippen MR) is 77.7 cm³/mol. The third kappa shape index (κ3) is 8.68. The van der Waals surface area contributed by atoms with Crippen molar-refractivity contribution in [1.82, 2.24) is 5.32 Å². The number of carbonyl (C=O) groups excluding carboxylic acids is 3. The molecule has 0 aliphatic rings. The van der Waals surface area contributed by atoms with E-state index in [1.165, 1.54) is 6.08 Å². The number of ketones is 1. The smallest absolute Gasteiger partial charge is 0.408 e. The summed E-state index contributed by atoms with van der Waals surface area (Å²) in [6.07, 6.45) is 0.368. The highest BCUT2D eigenvalue weighted by Crippen LogP contribution is 2.10. The molecule has 20 heavy (non-hydrogen) atoms. The number of rotatable bonds is 7. The quantitative estimate of drug-likeness (QED) is 0.431. The van der Waals surface area contributed by atoms with Crippen LogP contribution in [-0.2, 0) is 19.1 Å². The number of hydrogen-bond donors (Lipinski definition) is 1. The second kappa shape index (κ2) is 8.73. The molecule has 1 atom stereocenters. The van der Waals surface area contributed by atoms with E-state index in [-0.39, 0.29) is 24.1 Å². The van der Waals surface area contributed by atoms with E-state index in [0.717, 1.165) is 0 Å². The lowest BCUT2D eigenvalue weighted by Crippen LogP contribution is -2.44. The summed E-state index contributed by atoms with van der Waals surface area (Å²) in [5.74, 6) is -0.910. The van der Waals surface area contributed by atoms with Crippen molar-refractivity contribution < 1.29 is 23.9 Å². The molecular formula is C13H20BrNO5. The normalized spacial score (nSPS) is 12.2. The average molecular weight is 350 g/mol. The monoisotopic (exact) mass is 349 g/mol. The second-order valence-corrected chi connectivity index (χ2v) is 5.54. The summed E-state index contributed by atoms with van der Waals surface area (Å²) < 4.78 is 9.82. The zero-order valence-electron chi connectivity index (χ0n) is 11.9. The van der Waals surface area contributed by atoms with Gasteiger partial charge in [-0.2, -0.15) is 0 Å². The minimum Gasteiger partial charge on any atom is -0.460 e. The maximum absolute atomic E-state index is 11.7. The molecular weight excluding hydrogens is 330 g/mol. The van der Waals surface area contributed by atoms with Crippen molar-refractivity contribution in [3.63, 3.8) is 0 Å². The van der Waals surface area contributed by atoms with E-state index in [1.54, 1.807) is 20.8 Å². The van der Waals surface area contributed by atoms with Gasteiger partial charge >= 0.3 is 12.1 Å². The molecule has 0 heterocycles. The number of esters is 1. The van der Waals surface area contributed by atoms with Crippen molar-refractivity contribution in [2.24, 2.45) is 0 Å². The average Bonchev–Trinajstić information content (AvgIpc) is 2.32. The minimum atomic E-state index is -0.985. The number of carbonyl (C=O) groups is 3. The highest BCUT2D eigenvalue weighted by atomic mass is 79.9. The lowest BCUT2D eigenvalue weighted by Gasteiger charge is -2.22. The molecule has 0 radical (unpaired) electrons. The molecule has 0 fully saturated rings. The Morgan fingerprint density at radius 3 is 2.40 bits per heavy atom. The van der Waals surface area contributed by atoms with E-state index in [1.807, 2.05) is 0 Å². The van der Waals surface area contributed by atoms with Gasteiger partial charge in [0.15, 0.2) is 5.78 Å². The number of alkyl carbamates (subject to hydrolysis) is 1. The minimum absolute atomic E-state index is 0.0161. The van der Waals surface area contributed by atoms with Gasteiger partial charge in [0.25, 0.3) is 0 Å². The van der Waals surface area contributed by atoms with Crippen LogP contribution >= 0.6 is 15.9 Å². The molecule has 0 bridgehead atoms. The van der Waals surface area contributed by atoms with Gasteiger partial charge in [0.1, 0.15) is 18.2 Å². The van der Waals surface area contributed by atoms with E-state index in [4.69, 9.17) is 9.47 Å². The van der Waals surface area contributed by atoms with Gasteiger partial charge in [-0.05, 0) is 20.8 Å². The molecule has 7 heteroatoms. The molecule has 114 valence electrons. The van der Waals surface area contributed by atoms with Crippen LogP contribution in [-0.4, -0.2) is 41.4 Å². The Morgan fingerprint density at radius 1 is 1.35 bits per heavy atom. The number of alkyl halides is 1. The van der Waals surface area contributed by atoms with E-state index in [0.29, 0.717) is 0 Å². The van der Waals surface area contributed by atoms with E-state index < -0.39 is 23.7 Å². The van der Waals surface area contributed by atoms with Crippen molar-refractivity contribution in [2.45, 2.75) is 38.8 Å². The second-order valence-electron chi connectivity index (χ2n) is 4.97. The van der Waals surface area contributed by atoms with Gasteiger partial charge in [0, 0.05) is 0 Å². The summed E-state index contributed by atoms with van der Waals surface area (Å²) in [4.78, 5) is 34.8. The third-order valence-corrected chi connectivity index (χ3v) is 2.49. The van der Waals surface area contributed by atoms with Gasteiger partial charge in [-0.1, -0.05) is 28.6 Å². The first-order valence-electron chi connectivity index (χ1n) is 6.04.